The molecule has 0 atom stereocenters. The Balaban J connectivity index is 2.33. The lowest BCUT2D eigenvalue weighted by atomic mass is 10.1. The van der Waals surface area contributed by atoms with Crippen molar-refractivity contribution >= 4 is 11.4 Å². The molecule has 0 bridgehead atoms. The molecule has 84 valence electrons. The summed E-state index contributed by atoms with van der Waals surface area (Å²) < 4.78 is 10.9. The number of ketones is 1. The van der Waals surface area contributed by atoms with E-state index in [9.17, 15) is 4.79 Å². The van der Waals surface area contributed by atoms with Crippen LogP contribution in [-0.2, 0) is 4.79 Å². The van der Waals surface area contributed by atoms with Crippen LogP contribution in [-0.4, -0.2) is 19.0 Å². The quantitative estimate of drug-likeness (QED) is 0.715. The second-order valence-electron chi connectivity index (χ2n) is 3.80. The fraction of sp³-hybridized carbons (Fsp3) is 0.308. The monoisotopic (exact) mass is 218 g/mol. The van der Waals surface area contributed by atoms with E-state index >= 15 is 0 Å². The van der Waals surface area contributed by atoms with Gasteiger partial charge in [0.15, 0.2) is 17.3 Å². The molecule has 0 saturated carbocycles. The van der Waals surface area contributed by atoms with E-state index in [4.69, 9.17) is 9.47 Å². The maximum absolute atomic E-state index is 11.0. The molecule has 3 heteroatoms. The Morgan fingerprint density at radius 2 is 1.88 bits per heavy atom. The normalized spacial score (nSPS) is 14.8. The van der Waals surface area contributed by atoms with Crippen LogP contribution in [0.1, 0.15) is 19.4 Å². The van der Waals surface area contributed by atoms with Crippen LogP contribution in [0.5, 0.6) is 11.5 Å². The van der Waals surface area contributed by atoms with Crippen LogP contribution >= 0.6 is 0 Å². The highest BCUT2D eigenvalue weighted by Crippen LogP contribution is 2.32. The van der Waals surface area contributed by atoms with Crippen LogP contribution in [0, 0.1) is 0 Å². The number of allylic oxidation sites excluding steroid dienone is 2. The third-order valence-corrected chi connectivity index (χ3v) is 2.42. The van der Waals surface area contributed by atoms with Crippen molar-refractivity contribution in [3.8, 4) is 11.5 Å². The van der Waals surface area contributed by atoms with Crippen LogP contribution in [0.3, 0.4) is 0 Å². The van der Waals surface area contributed by atoms with Gasteiger partial charge < -0.3 is 9.47 Å². The second-order valence-corrected chi connectivity index (χ2v) is 3.80. The Labute approximate surface area is 94.7 Å². The first-order valence-corrected chi connectivity index (χ1v) is 5.26. The summed E-state index contributed by atoms with van der Waals surface area (Å²) in [5, 5.41) is 0. The van der Waals surface area contributed by atoms with Crippen LogP contribution < -0.4 is 9.47 Å². The van der Waals surface area contributed by atoms with Gasteiger partial charge in [-0.25, -0.2) is 0 Å². The van der Waals surface area contributed by atoms with Gasteiger partial charge in [-0.05, 0) is 43.2 Å². The molecule has 1 aromatic rings. The van der Waals surface area contributed by atoms with E-state index in [2.05, 4.69) is 0 Å². The Bertz CT molecular complexity index is 446. The predicted octanol–water partition coefficient (Wildman–Crippen LogP) is 2.45. The van der Waals surface area contributed by atoms with Crippen molar-refractivity contribution < 1.29 is 14.3 Å². The van der Waals surface area contributed by atoms with E-state index in [-0.39, 0.29) is 5.78 Å². The number of benzene rings is 1. The van der Waals surface area contributed by atoms with Crippen molar-refractivity contribution in [1.82, 2.24) is 0 Å². The van der Waals surface area contributed by atoms with Gasteiger partial charge in [-0.3, -0.25) is 4.79 Å². The van der Waals surface area contributed by atoms with E-state index in [0.29, 0.717) is 13.2 Å². The van der Waals surface area contributed by atoms with E-state index in [1.165, 1.54) is 0 Å². The molecule has 3 nitrogen and oxygen atoms in total. The topological polar surface area (TPSA) is 35.5 Å². The molecule has 0 unspecified atom stereocenters. The molecule has 1 aliphatic heterocycles. The molecule has 0 amide bonds. The molecule has 2 rings (SSSR count). The Morgan fingerprint density at radius 1 is 1.19 bits per heavy atom. The summed E-state index contributed by atoms with van der Waals surface area (Å²) >= 11 is 0. The minimum atomic E-state index is 0.0485. The first kappa shape index (κ1) is 10.7. The molecule has 1 aliphatic rings. The lowest BCUT2D eigenvalue weighted by Gasteiger charge is -2.18. The maximum atomic E-state index is 11.0. The van der Waals surface area contributed by atoms with Gasteiger partial charge in [-0.1, -0.05) is 6.07 Å². The SMILES string of the molecule is CC(=O)/C=C(/C)c1ccc2c(c1)OCCO2. The molecule has 0 aliphatic carbocycles. The summed E-state index contributed by atoms with van der Waals surface area (Å²) in [6.07, 6.45) is 1.62. The number of fused-ring (bicyclic) bond motifs is 1. The molecule has 0 spiro atoms. The molecule has 16 heavy (non-hydrogen) atoms. The summed E-state index contributed by atoms with van der Waals surface area (Å²) in [5.74, 6) is 1.57. The molecule has 0 fully saturated rings. The predicted molar refractivity (Wildman–Crippen MR) is 61.8 cm³/mol. The number of carbonyl (C=O) groups is 1. The Hall–Kier alpha value is -1.77. The van der Waals surface area contributed by atoms with E-state index in [1.54, 1.807) is 13.0 Å². The van der Waals surface area contributed by atoms with Crippen LogP contribution in [0.4, 0.5) is 0 Å². The zero-order valence-electron chi connectivity index (χ0n) is 9.45. The number of carbonyl (C=O) groups excluding carboxylic acids is 1. The highest BCUT2D eigenvalue weighted by atomic mass is 16.6. The average Bonchev–Trinajstić information content (AvgIpc) is 2.27. The van der Waals surface area contributed by atoms with Gasteiger partial charge in [0, 0.05) is 0 Å². The minimum absolute atomic E-state index is 0.0485. The molecule has 0 aromatic heterocycles. The highest BCUT2D eigenvalue weighted by molar-refractivity contribution is 5.94. The summed E-state index contributed by atoms with van der Waals surface area (Å²) in [4.78, 5) is 11.0. The molecule has 0 N–H and O–H groups in total. The Morgan fingerprint density at radius 3 is 2.56 bits per heavy atom. The number of ether oxygens (including phenoxy) is 2. The van der Waals surface area contributed by atoms with Gasteiger partial charge >= 0.3 is 0 Å². The van der Waals surface area contributed by atoms with E-state index in [0.717, 1.165) is 22.6 Å². The van der Waals surface area contributed by atoms with Crippen LogP contribution in [0.2, 0.25) is 0 Å². The van der Waals surface area contributed by atoms with Crippen molar-refractivity contribution in [3.63, 3.8) is 0 Å². The standard InChI is InChI=1S/C13H14O3/c1-9(7-10(2)14)11-3-4-12-13(8-11)16-6-5-15-12/h3-4,7-8H,5-6H2,1-2H3/b9-7-. The second kappa shape index (κ2) is 4.39. The molecule has 0 saturated heterocycles. The molecular formula is C13H14O3. The smallest absolute Gasteiger partial charge is 0.161 e. The lowest BCUT2D eigenvalue weighted by Crippen LogP contribution is -2.15. The summed E-state index contributed by atoms with van der Waals surface area (Å²) in [5.41, 5.74) is 1.92. The molecule has 0 radical (unpaired) electrons. The number of rotatable bonds is 2. The minimum Gasteiger partial charge on any atom is -0.486 e. The maximum Gasteiger partial charge on any atom is 0.161 e. The summed E-state index contributed by atoms with van der Waals surface area (Å²) in [6.45, 7) is 4.62. The van der Waals surface area contributed by atoms with Crippen molar-refractivity contribution in [2.24, 2.45) is 0 Å². The van der Waals surface area contributed by atoms with Gasteiger partial charge in [0.2, 0.25) is 0 Å². The van der Waals surface area contributed by atoms with Crippen molar-refractivity contribution in [3.05, 3.63) is 29.8 Å². The van der Waals surface area contributed by atoms with Gasteiger partial charge in [0.05, 0.1) is 0 Å². The largest absolute Gasteiger partial charge is 0.486 e. The van der Waals surface area contributed by atoms with Crippen molar-refractivity contribution in [2.75, 3.05) is 13.2 Å². The Kier molecular flexibility index (Phi) is 2.95. The van der Waals surface area contributed by atoms with E-state index < -0.39 is 0 Å². The van der Waals surface area contributed by atoms with Crippen LogP contribution in [0.25, 0.3) is 5.57 Å². The average molecular weight is 218 g/mol. The molecule has 1 aromatic carbocycles. The molecule has 1 heterocycles. The van der Waals surface area contributed by atoms with Gasteiger partial charge in [0.1, 0.15) is 13.2 Å². The fourth-order valence-electron chi connectivity index (χ4n) is 1.68. The number of hydrogen-bond acceptors (Lipinski definition) is 3. The molecular weight excluding hydrogens is 204 g/mol. The van der Waals surface area contributed by atoms with Gasteiger partial charge in [-0.2, -0.15) is 0 Å². The third kappa shape index (κ3) is 2.24. The highest BCUT2D eigenvalue weighted by Gasteiger charge is 2.12. The summed E-state index contributed by atoms with van der Waals surface area (Å²) in [6, 6.07) is 5.72. The van der Waals surface area contributed by atoms with Crippen molar-refractivity contribution in [2.45, 2.75) is 13.8 Å². The zero-order valence-corrected chi connectivity index (χ0v) is 9.45. The van der Waals surface area contributed by atoms with Crippen LogP contribution in [0.15, 0.2) is 24.3 Å². The van der Waals surface area contributed by atoms with Crippen molar-refractivity contribution in [1.29, 1.82) is 0 Å². The lowest BCUT2D eigenvalue weighted by molar-refractivity contribution is -0.112. The fourth-order valence-corrected chi connectivity index (χ4v) is 1.68. The summed E-state index contributed by atoms with van der Waals surface area (Å²) in [7, 11) is 0. The number of hydrogen-bond donors (Lipinski definition) is 0. The first-order valence-electron chi connectivity index (χ1n) is 5.26. The van der Waals surface area contributed by atoms with E-state index in [1.807, 2.05) is 25.1 Å². The van der Waals surface area contributed by atoms with Gasteiger partial charge in [-0.15, -0.1) is 0 Å². The van der Waals surface area contributed by atoms with Gasteiger partial charge in [0.25, 0.3) is 0 Å². The third-order valence-electron chi connectivity index (χ3n) is 2.42. The first-order chi connectivity index (χ1) is 7.66. The zero-order chi connectivity index (χ0) is 11.5.